The number of rotatable bonds is 3. The molecule has 0 aliphatic carbocycles. The summed E-state index contributed by atoms with van der Waals surface area (Å²) in [5, 5.41) is 8.47. The first-order chi connectivity index (χ1) is 7.70. The van der Waals surface area contributed by atoms with Crippen molar-refractivity contribution in [2.75, 3.05) is 0 Å². The average molecular weight is 252 g/mol. The Labute approximate surface area is 93.1 Å². The summed E-state index contributed by atoms with van der Waals surface area (Å²) < 4.78 is 49.1. The van der Waals surface area contributed by atoms with Crippen molar-refractivity contribution < 1.29 is 27.5 Å². The molecule has 94 valence electrons. The van der Waals surface area contributed by atoms with Crippen molar-refractivity contribution in [3.63, 3.8) is 0 Å². The molecule has 1 heterocycles. The van der Waals surface area contributed by atoms with E-state index in [9.17, 15) is 22.4 Å². The highest BCUT2D eigenvalue weighted by Gasteiger charge is 2.31. The third-order valence-electron chi connectivity index (χ3n) is 1.94. The largest absolute Gasteiger partial charge is 0.476 e. The predicted molar refractivity (Wildman–Crippen MR) is 48.8 cm³/mol. The van der Waals surface area contributed by atoms with Crippen LogP contribution in [-0.4, -0.2) is 22.2 Å². The lowest BCUT2D eigenvalue weighted by Crippen LogP contribution is -2.21. The Bertz CT molecular complexity index is 433. The van der Waals surface area contributed by atoms with Gasteiger partial charge in [0.2, 0.25) is 0 Å². The number of carbonyl (C=O) groups is 1. The van der Waals surface area contributed by atoms with Crippen LogP contribution in [0, 0.1) is 5.82 Å². The third kappa shape index (κ3) is 3.66. The average Bonchev–Trinajstić information content (AvgIpc) is 2.14. The minimum absolute atomic E-state index is 0.204. The van der Waals surface area contributed by atoms with Crippen LogP contribution in [0.15, 0.2) is 12.3 Å². The van der Waals surface area contributed by atoms with Gasteiger partial charge in [0.05, 0.1) is 6.42 Å². The molecule has 0 unspecified atom stereocenters. The molecule has 1 aromatic heterocycles. The van der Waals surface area contributed by atoms with E-state index in [0.717, 1.165) is 6.20 Å². The van der Waals surface area contributed by atoms with Crippen molar-refractivity contribution >= 4 is 5.97 Å². The number of pyridine rings is 1. The summed E-state index contributed by atoms with van der Waals surface area (Å²) in [6.45, 7) is 0. The van der Waals surface area contributed by atoms with Gasteiger partial charge in [-0.05, 0) is 11.6 Å². The van der Waals surface area contributed by atoms with E-state index in [-0.39, 0.29) is 5.56 Å². The number of alkyl halides is 3. The Morgan fingerprint density at radius 1 is 1.53 bits per heavy atom. The fraction of sp³-hybridized carbons (Fsp3) is 0.333. The third-order valence-corrected chi connectivity index (χ3v) is 1.94. The van der Waals surface area contributed by atoms with E-state index in [2.05, 4.69) is 4.98 Å². The minimum Gasteiger partial charge on any atom is -0.476 e. The fourth-order valence-electron chi connectivity index (χ4n) is 1.18. The molecule has 17 heavy (non-hydrogen) atoms. The molecule has 0 spiro atoms. The molecule has 0 saturated carbocycles. The smallest absolute Gasteiger partial charge is 0.390 e. The number of hydrogen-bond acceptors (Lipinski definition) is 3. The summed E-state index contributed by atoms with van der Waals surface area (Å²) in [5.74, 6) is -2.81. The molecule has 0 aliphatic heterocycles. The van der Waals surface area contributed by atoms with Gasteiger partial charge in [0.1, 0.15) is 0 Å². The van der Waals surface area contributed by atoms with Crippen molar-refractivity contribution in [1.29, 1.82) is 0 Å². The molecular weight excluding hydrogens is 244 g/mol. The highest BCUT2D eigenvalue weighted by molar-refractivity contribution is 5.85. The zero-order valence-corrected chi connectivity index (χ0v) is 8.33. The molecule has 0 amide bonds. The van der Waals surface area contributed by atoms with Gasteiger partial charge < -0.3 is 10.8 Å². The second kappa shape index (κ2) is 4.66. The molecule has 1 rings (SSSR count). The second-order valence-electron chi connectivity index (χ2n) is 3.33. The Morgan fingerprint density at radius 3 is 2.53 bits per heavy atom. The Morgan fingerprint density at radius 2 is 2.12 bits per heavy atom. The van der Waals surface area contributed by atoms with Crippen LogP contribution in [0.5, 0.6) is 0 Å². The highest BCUT2D eigenvalue weighted by Crippen LogP contribution is 2.27. The Kier molecular flexibility index (Phi) is 3.66. The maximum atomic E-state index is 13.1. The van der Waals surface area contributed by atoms with Crippen LogP contribution in [0.4, 0.5) is 17.6 Å². The van der Waals surface area contributed by atoms with Crippen LogP contribution in [-0.2, 0) is 0 Å². The zero-order chi connectivity index (χ0) is 13.2. The first-order valence-corrected chi connectivity index (χ1v) is 4.42. The van der Waals surface area contributed by atoms with Crippen LogP contribution in [0.1, 0.15) is 28.5 Å². The van der Waals surface area contributed by atoms with Crippen molar-refractivity contribution in [2.24, 2.45) is 5.73 Å². The molecule has 0 saturated heterocycles. The van der Waals surface area contributed by atoms with Gasteiger partial charge in [-0.2, -0.15) is 13.2 Å². The predicted octanol–water partition coefficient (Wildman–Crippen LogP) is 1.87. The number of carboxylic acid groups (broad SMARTS) is 1. The molecular formula is C9H8F4N2O2. The first kappa shape index (κ1) is 13.4. The molecule has 1 atom stereocenters. The molecule has 1 aromatic rings. The highest BCUT2D eigenvalue weighted by atomic mass is 19.4. The topological polar surface area (TPSA) is 76.2 Å². The molecule has 8 heteroatoms. The van der Waals surface area contributed by atoms with E-state index in [1.807, 2.05) is 0 Å². The van der Waals surface area contributed by atoms with Crippen molar-refractivity contribution in [3.05, 3.63) is 29.3 Å². The summed E-state index contributed by atoms with van der Waals surface area (Å²) in [7, 11) is 0. The van der Waals surface area contributed by atoms with E-state index in [0.29, 0.717) is 6.07 Å². The molecule has 3 N–H and O–H groups in total. The van der Waals surface area contributed by atoms with E-state index in [1.54, 1.807) is 0 Å². The minimum atomic E-state index is -4.48. The van der Waals surface area contributed by atoms with E-state index in [1.165, 1.54) is 0 Å². The van der Waals surface area contributed by atoms with Gasteiger partial charge in [-0.25, -0.2) is 14.2 Å². The van der Waals surface area contributed by atoms with Gasteiger partial charge in [0.25, 0.3) is 0 Å². The number of aromatic carboxylic acids is 1. The van der Waals surface area contributed by atoms with Gasteiger partial charge in [-0.15, -0.1) is 0 Å². The van der Waals surface area contributed by atoms with Crippen molar-refractivity contribution in [1.82, 2.24) is 4.98 Å². The van der Waals surface area contributed by atoms with Gasteiger partial charge in [0, 0.05) is 12.2 Å². The van der Waals surface area contributed by atoms with Crippen LogP contribution in [0.3, 0.4) is 0 Å². The SMILES string of the molecule is N[C@H](CC(F)(F)F)c1cnc(C(=O)O)c(F)c1. The lowest BCUT2D eigenvalue weighted by Gasteiger charge is -2.14. The van der Waals surface area contributed by atoms with Crippen LogP contribution in [0.25, 0.3) is 0 Å². The lowest BCUT2D eigenvalue weighted by atomic mass is 10.1. The Balaban J connectivity index is 2.94. The van der Waals surface area contributed by atoms with E-state index < -0.39 is 36.1 Å². The number of hydrogen-bond donors (Lipinski definition) is 2. The van der Waals surface area contributed by atoms with Crippen LogP contribution < -0.4 is 5.73 Å². The number of halogens is 4. The van der Waals surface area contributed by atoms with Crippen LogP contribution in [0.2, 0.25) is 0 Å². The van der Waals surface area contributed by atoms with Gasteiger partial charge >= 0.3 is 12.1 Å². The first-order valence-electron chi connectivity index (χ1n) is 4.42. The summed E-state index contributed by atoms with van der Waals surface area (Å²) in [6.07, 6.45) is -5.00. The number of nitrogens with zero attached hydrogens (tertiary/aromatic N) is 1. The quantitative estimate of drug-likeness (QED) is 0.805. The van der Waals surface area contributed by atoms with Gasteiger partial charge in [-0.1, -0.05) is 0 Å². The van der Waals surface area contributed by atoms with Crippen LogP contribution >= 0.6 is 0 Å². The summed E-state index contributed by atoms with van der Waals surface area (Å²) >= 11 is 0. The molecule has 0 bridgehead atoms. The van der Waals surface area contributed by atoms with Gasteiger partial charge in [-0.3, -0.25) is 0 Å². The fourth-order valence-corrected chi connectivity index (χ4v) is 1.18. The van der Waals surface area contributed by atoms with Crippen molar-refractivity contribution in [3.8, 4) is 0 Å². The number of nitrogens with two attached hydrogens (primary N) is 1. The normalized spacial score (nSPS) is 13.5. The van der Waals surface area contributed by atoms with Crippen molar-refractivity contribution in [2.45, 2.75) is 18.6 Å². The number of aromatic nitrogens is 1. The lowest BCUT2D eigenvalue weighted by molar-refractivity contribution is -0.138. The van der Waals surface area contributed by atoms with E-state index in [4.69, 9.17) is 10.8 Å². The Hall–Kier alpha value is -1.70. The molecule has 0 aliphatic rings. The maximum Gasteiger partial charge on any atom is 0.390 e. The zero-order valence-electron chi connectivity index (χ0n) is 8.33. The molecule has 0 aromatic carbocycles. The monoisotopic (exact) mass is 252 g/mol. The summed E-state index contributed by atoms with van der Waals surface area (Å²) in [4.78, 5) is 13.6. The summed E-state index contributed by atoms with van der Waals surface area (Å²) in [5.41, 5.74) is 4.14. The van der Waals surface area contributed by atoms with E-state index >= 15 is 0 Å². The molecule has 0 radical (unpaired) electrons. The van der Waals surface area contributed by atoms with Gasteiger partial charge in [0.15, 0.2) is 11.5 Å². The second-order valence-corrected chi connectivity index (χ2v) is 3.33. The summed E-state index contributed by atoms with van der Waals surface area (Å²) in [6, 6.07) is -0.827. The molecule has 0 fully saturated rings. The maximum absolute atomic E-state index is 13.1. The number of carboxylic acids is 1. The standard InChI is InChI=1S/C9H8F4N2O2/c10-5-1-4(3-15-7(5)8(16)17)6(14)2-9(11,12)13/h1,3,6H,2,14H2,(H,16,17)/t6-/m1/s1. The molecule has 4 nitrogen and oxygen atoms in total.